The van der Waals surface area contributed by atoms with Crippen molar-refractivity contribution in [2.24, 2.45) is 22.7 Å². The number of rotatable bonds is 0. The number of hydrogen-bond acceptors (Lipinski definition) is 5. The highest BCUT2D eigenvalue weighted by Gasteiger charge is 2.66. The summed E-state index contributed by atoms with van der Waals surface area (Å²) in [7, 11) is 0. The predicted molar refractivity (Wildman–Crippen MR) is 87.0 cm³/mol. The van der Waals surface area contributed by atoms with Gasteiger partial charge in [-0.05, 0) is 61.5 Å². The van der Waals surface area contributed by atoms with Crippen LogP contribution in [0.3, 0.4) is 0 Å². The molecule has 3 fully saturated rings. The molecule has 0 spiro atoms. The van der Waals surface area contributed by atoms with E-state index in [1.54, 1.807) is 6.08 Å². The maximum Gasteiger partial charge on any atom is 0.159 e. The van der Waals surface area contributed by atoms with Crippen molar-refractivity contribution in [3.8, 4) is 0 Å². The number of allylic oxidation sites excluding steroid dienone is 1. The molecular formula is C19H28O5. The van der Waals surface area contributed by atoms with Crippen LogP contribution in [0.5, 0.6) is 0 Å². The molecule has 134 valence electrons. The number of fused-ring (bicyclic) bond motifs is 5. The lowest BCUT2D eigenvalue weighted by Crippen LogP contribution is -2.61. The van der Waals surface area contributed by atoms with E-state index < -0.39 is 34.7 Å². The van der Waals surface area contributed by atoms with Crippen molar-refractivity contribution in [2.75, 3.05) is 0 Å². The SMILES string of the molecule is C[C@]12C[C@H](O)[C@H](O)C[C@H]1C(=O)C=C1[C@@H]2CC[C@]2(C)[C@@H](O)CC[C@@]12O. The molecule has 5 heteroatoms. The van der Waals surface area contributed by atoms with E-state index in [4.69, 9.17) is 0 Å². The van der Waals surface area contributed by atoms with Gasteiger partial charge in [0.25, 0.3) is 0 Å². The van der Waals surface area contributed by atoms with Crippen LogP contribution in [0.1, 0.15) is 52.4 Å². The third kappa shape index (κ3) is 1.82. The van der Waals surface area contributed by atoms with Gasteiger partial charge in [0.2, 0.25) is 0 Å². The quantitative estimate of drug-likeness (QED) is 0.528. The molecule has 0 unspecified atom stereocenters. The van der Waals surface area contributed by atoms with Gasteiger partial charge in [-0.15, -0.1) is 0 Å². The van der Waals surface area contributed by atoms with Gasteiger partial charge in [0.05, 0.1) is 23.9 Å². The Hall–Kier alpha value is -0.750. The van der Waals surface area contributed by atoms with Gasteiger partial charge in [0.15, 0.2) is 5.78 Å². The van der Waals surface area contributed by atoms with Crippen LogP contribution in [0.25, 0.3) is 0 Å². The minimum Gasteiger partial charge on any atom is -0.392 e. The minimum absolute atomic E-state index is 0.0192. The van der Waals surface area contributed by atoms with Crippen molar-refractivity contribution >= 4 is 5.78 Å². The van der Waals surface area contributed by atoms with E-state index in [0.717, 1.165) is 12.0 Å². The molecule has 0 amide bonds. The second kappa shape index (κ2) is 4.91. The minimum atomic E-state index is -1.14. The van der Waals surface area contributed by atoms with Crippen LogP contribution in [0.2, 0.25) is 0 Å². The number of carbonyl (C=O) groups excluding carboxylic acids is 1. The highest BCUT2D eigenvalue weighted by Crippen LogP contribution is 2.65. The van der Waals surface area contributed by atoms with E-state index in [2.05, 4.69) is 0 Å². The van der Waals surface area contributed by atoms with Gasteiger partial charge in [0, 0.05) is 11.3 Å². The van der Waals surface area contributed by atoms with Crippen LogP contribution >= 0.6 is 0 Å². The molecule has 0 aromatic rings. The third-order valence-electron chi connectivity index (χ3n) is 8.07. The van der Waals surface area contributed by atoms with Crippen molar-refractivity contribution < 1.29 is 25.2 Å². The maximum absolute atomic E-state index is 12.8. The fourth-order valence-electron chi connectivity index (χ4n) is 6.34. The second-order valence-electron chi connectivity index (χ2n) is 9.06. The van der Waals surface area contributed by atoms with Crippen molar-refractivity contribution in [1.29, 1.82) is 0 Å². The fourth-order valence-corrected chi connectivity index (χ4v) is 6.34. The molecule has 0 saturated heterocycles. The fraction of sp³-hybridized carbons (Fsp3) is 0.842. The van der Waals surface area contributed by atoms with E-state index in [-0.39, 0.29) is 24.0 Å². The van der Waals surface area contributed by atoms with E-state index in [9.17, 15) is 25.2 Å². The van der Waals surface area contributed by atoms with Crippen molar-refractivity contribution in [3.63, 3.8) is 0 Å². The normalized spacial score (nSPS) is 57.0. The first-order valence-corrected chi connectivity index (χ1v) is 9.16. The van der Waals surface area contributed by atoms with Gasteiger partial charge in [-0.2, -0.15) is 0 Å². The van der Waals surface area contributed by atoms with Crippen LogP contribution < -0.4 is 0 Å². The summed E-state index contributed by atoms with van der Waals surface area (Å²) in [6, 6.07) is 0. The zero-order valence-corrected chi connectivity index (χ0v) is 14.4. The Morgan fingerprint density at radius 1 is 1.04 bits per heavy atom. The van der Waals surface area contributed by atoms with Crippen LogP contribution in [-0.4, -0.2) is 50.1 Å². The smallest absolute Gasteiger partial charge is 0.159 e. The first kappa shape index (κ1) is 16.7. The zero-order chi connectivity index (χ0) is 17.5. The van der Waals surface area contributed by atoms with Crippen LogP contribution in [0, 0.1) is 22.7 Å². The highest BCUT2D eigenvalue weighted by atomic mass is 16.3. The topological polar surface area (TPSA) is 98.0 Å². The molecule has 0 aliphatic heterocycles. The van der Waals surface area contributed by atoms with Crippen LogP contribution in [0.15, 0.2) is 11.6 Å². The monoisotopic (exact) mass is 336 g/mol. The van der Waals surface area contributed by atoms with Gasteiger partial charge in [-0.25, -0.2) is 0 Å². The van der Waals surface area contributed by atoms with E-state index in [1.807, 2.05) is 13.8 Å². The van der Waals surface area contributed by atoms with Crippen LogP contribution in [0.4, 0.5) is 0 Å². The summed E-state index contributed by atoms with van der Waals surface area (Å²) in [6.45, 7) is 3.96. The summed E-state index contributed by atoms with van der Waals surface area (Å²) in [5.74, 6) is -0.330. The van der Waals surface area contributed by atoms with Gasteiger partial charge in [0.1, 0.15) is 0 Å². The Bertz CT molecular complexity index is 615. The Morgan fingerprint density at radius 2 is 1.75 bits per heavy atom. The van der Waals surface area contributed by atoms with Gasteiger partial charge in [-0.1, -0.05) is 13.8 Å². The van der Waals surface area contributed by atoms with Crippen LogP contribution in [-0.2, 0) is 4.79 Å². The molecule has 8 atom stereocenters. The standard InChI is InChI=1S/C19H28O5/c1-17-9-15(22)14(21)8-12(17)13(20)7-11-10(17)3-5-18(2)16(23)4-6-19(11,18)24/h7,10,12,14-16,21-24H,3-6,8-9H2,1-2H3/t10-,12-,14+,15-,16-,17+,18+,19+/m0/s1. The second-order valence-corrected chi connectivity index (χ2v) is 9.06. The Balaban J connectivity index is 1.81. The summed E-state index contributed by atoms with van der Waals surface area (Å²) in [4.78, 5) is 12.8. The van der Waals surface area contributed by atoms with E-state index >= 15 is 0 Å². The van der Waals surface area contributed by atoms with Gasteiger partial charge in [-0.3, -0.25) is 4.79 Å². The summed E-state index contributed by atoms with van der Waals surface area (Å²) in [5, 5.41) is 42.2. The number of hydrogen-bond donors (Lipinski definition) is 4. The Labute approximate surface area is 142 Å². The number of carbonyl (C=O) groups is 1. The van der Waals surface area contributed by atoms with Crippen molar-refractivity contribution in [1.82, 2.24) is 0 Å². The molecule has 24 heavy (non-hydrogen) atoms. The summed E-state index contributed by atoms with van der Waals surface area (Å²) in [5.41, 5.74) is -1.42. The molecule has 0 radical (unpaired) electrons. The molecule has 0 heterocycles. The van der Waals surface area contributed by atoms with Crippen molar-refractivity contribution in [3.05, 3.63) is 11.6 Å². The molecule has 5 nitrogen and oxygen atoms in total. The summed E-state index contributed by atoms with van der Waals surface area (Å²) in [6.07, 6.45) is 2.58. The molecule has 4 aliphatic carbocycles. The third-order valence-corrected chi connectivity index (χ3v) is 8.07. The lowest BCUT2D eigenvalue weighted by molar-refractivity contribution is -0.155. The largest absolute Gasteiger partial charge is 0.392 e. The average Bonchev–Trinajstić information content (AvgIpc) is 2.75. The first-order chi connectivity index (χ1) is 11.1. The van der Waals surface area contributed by atoms with Gasteiger partial charge < -0.3 is 20.4 Å². The van der Waals surface area contributed by atoms with E-state index in [0.29, 0.717) is 25.7 Å². The molecule has 0 bridgehead atoms. The summed E-state index contributed by atoms with van der Waals surface area (Å²) >= 11 is 0. The lowest BCUT2D eigenvalue weighted by Gasteiger charge is -2.59. The average molecular weight is 336 g/mol. The zero-order valence-electron chi connectivity index (χ0n) is 14.4. The molecular weight excluding hydrogens is 308 g/mol. The van der Waals surface area contributed by atoms with Crippen molar-refractivity contribution in [2.45, 2.75) is 76.3 Å². The number of aliphatic hydroxyl groups is 4. The molecule has 4 rings (SSSR count). The molecule has 0 aromatic carbocycles. The molecule has 3 saturated carbocycles. The molecule has 4 aliphatic rings. The first-order valence-electron chi connectivity index (χ1n) is 9.16. The van der Waals surface area contributed by atoms with E-state index in [1.165, 1.54) is 0 Å². The number of ketones is 1. The lowest BCUT2D eigenvalue weighted by atomic mass is 9.47. The summed E-state index contributed by atoms with van der Waals surface area (Å²) < 4.78 is 0. The Kier molecular flexibility index (Phi) is 3.42. The predicted octanol–water partition coefficient (Wildman–Crippen LogP) is 0.936. The van der Waals surface area contributed by atoms with Gasteiger partial charge >= 0.3 is 0 Å². The highest BCUT2D eigenvalue weighted by molar-refractivity contribution is 5.95. The molecule has 0 aromatic heterocycles. The molecule has 4 N–H and O–H groups in total. The maximum atomic E-state index is 12.8. The number of aliphatic hydroxyl groups excluding tert-OH is 3. The Morgan fingerprint density at radius 3 is 2.46 bits per heavy atom.